The maximum Gasteiger partial charge on any atom is 0.272 e. The van der Waals surface area contributed by atoms with Crippen LogP contribution in [0.15, 0.2) is 24.4 Å². The number of nitrogens with two attached hydrogens (primary N) is 1. The highest BCUT2D eigenvalue weighted by Gasteiger charge is 2.21. The number of nitrogens with zero attached hydrogens (tertiary/aromatic N) is 3. The lowest BCUT2D eigenvalue weighted by atomic mass is 10.2. The Morgan fingerprint density at radius 2 is 2.25 bits per heavy atom. The molecule has 1 amide bonds. The van der Waals surface area contributed by atoms with Crippen LogP contribution in [0.5, 0.6) is 0 Å². The molecule has 1 unspecified atom stereocenters. The fourth-order valence-corrected chi connectivity index (χ4v) is 2.10. The molecule has 0 saturated heterocycles. The minimum Gasteiger partial charge on any atom is -0.395 e. The number of hydrogen-bond acceptors (Lipinski definition) is 4. The van der Waals surface area contributed by atoms with E-state index in [0.29, 0.717) is 17.8 Å². The maximum atomic E-state index is 12.3. The summed E-state index contributed by atoms with van der Waals surface area (Å²) in [5.74, 6) is -0.240. The summed E-state index contributed by atoms with van der Waals surface area (Å²) < 4.78 is 1.52. The average Bonchev–Trinajstić information content (AvgIpc) is 2.74. The number of nitrogen functional groups attached to an aromatic ring is 1. The first-order valence-corrected chi connectivity index (χ1v) is 6.57. The second-order valence-electron chi connectivity index (χ2n) is 4.64. The fraction of sp³-hybridized carbons (Fsp3) is 0.357. The number of amides is 1. The summed E-state index contributed by atoms with van der Waals surface area (Å²) in [6.07, 6.45) is 2.40. The van der Waals surface area contributed by atoms with Gasteiger partial charge in [-0.05, 0) is 25.5 Å². The number of rotatable bonds is 4. The summed E-state index contributed by atoms with van der Waals surface area (Å²) in [6, 6.07) is 5.40. The first-order valence-electron chi connectivity index (χ1n) is 6.57. The van der Waals surface area contributed by atoms with Crippen molar-refractivity contribution < 1.29 is 4.79 Å². The van der Waals surface area contributed by atoms with Crippen molar-refractivity contribution in [2.24, 2.45) is 7.05 Å². The van der Waals surface area contributed by atoms with Gasteiger partial charge in [0, 0.05) is 13.2 Å². The van der Waals surface area contributed by atoms with E-state index < -0.39 is 0 Å². The Kier molecular flexibility index (Phi) is 4.02. The lowest BCUT2D eigenvalue weighted by molar-refractivity contribution is 0.0930. The predicted octanol–water partition coefficient (Wildman–Crippen LogP) is 1.45. The van der Waals surface area contributed by atoms with Gasteiger partial charge in [0.25, 0.3) is 5.91 Å². The van der Waals surface area contributed by atoms with E-state index in [1.807, 2.05) is 32.0 Å². The number of carbonyl (C=O) groups is 1. The Bertz CT molecular complexity index is 606. The highest BCUT2D eigenvalue weighted by Crippen LogP contribution is 2.18. The Morgan fingerprint density at radius 1 is 1.50 bits per heavy atom. The van der Waals surface area contributed by atoms with Gasteiger partial charge in [0.1, 0.15) is 5.69 Å². The molecule has 0 bridgehead atoms. The normalized spacial score (nSPS) is 12.2. The Labute approximate surface area is 118 Å². The number of aryl methyl sites for hydroxylation is 2. The monoisotopic (exact) mass is 273 g/mol. The zero-order valence-electron chi connectivity index (χ0n) is 11.9. The summed E-state index contributed by atoms with van der Waals surface area (Å²) in [5.41, 5.74) is 8.35. The van der Waals surface area contributed by atoms with E-state index in [2.05, 4.69) is 15.4 Å². The lowest BCUT2D eigenvalue weighted by Crippen LogP contribution is -2.29. The van der Waals surface area contributed by atoms with Crippen LogP contribution in [-0.4, -0.2) is 20.7 Å². The fourth-order valence-electron chi connectivity index (χ4n) is 2.10. The van der Waals surface area contributed by atoms with Gasteiger partial charge in [-0.2, -0.15) is 5.10 Å². The van der Waals surface area contributed by atoms with Crippen molar-refractivity contribution in [2.45, 2.75) is 26.3 Å². The Balaban J connectivity index is 2.19. The second kappa shape index (κ2) is 5.73. The van der Waals surface area contributed by atoms with Crippen molar-refractivity contribution in [1.29, 1.82) is 0 Å². The summed E-state index contributed by atoms with van der Waals surface area (Å²) in [6.45, 7) is 3.84. The Morgan fingerprint density at radius 3 is 2.80 bits per heavy atom. The third kappa shape index (κ3) is 2.64. The van der Waals surface area contributed by atoms with Gasteiger partial charge in [-0.25, -0.2) is 0 Å². The van der Waals surface area contributed by atoms with Crippen LogP contribution in [0.3, 0.4) is 0 Å². The molecule has 0 radical (unpaired) electrons. The first kappa shape index (κ1) is 14.0. The molecule has 0 fully saturated rings. The average molecular weight is 273 g/mol. The molecule has 0 aliphatic rings. The minimum absolute atomic E-state index is 0.192. The molecule has 2 aromatic rings. The molecule has 2 heterocycles. The van der Waals surface area contributed by atoms with Crippen LogP contribution in [0.2, 0.25) is 0 Å². The van der Waals surface area contributed by atoms with E-state index >= 15 is 0 Å². The van der Waals surface area contributed by atoms with E-state index in [9.17, 15) is 4.79 Å². The van der Waals surface area contributed by atoms with Gasteiger partial charge >= 0.3 is 0 Å². The van der Waals surface area contributed by atoms with E-state index in [1.54, 1.807) is 13.2 Å². The van der Waals surface area contributed by atoms with Crippen LogP contribution < -0.4 is 11.1 Å². The number of pyridine rings is 1. The molecule has 2 rings (SSSR count). The zero-order valence-corrected chi connectivity index (χ0v) is 11.9. The molecule has 0 spiro atoms. The van der Waals surface area contributed by atoms with Gasteiger partial charge in [-0.3, -0.25) is 14.5 Å². The molecule has 20 heavy (non-hydrogen) atoms. The third-order valence-electron chi connectivity index (χ3n) is 3.19. The molecule has 0 aromatic carbocycles. The third-order valence-corrected chi connectivity index (χ3v) is 3.19. The topological polar surface area (TPSA) is 85.8 Å². The molecular weight excluding hydrogens is 254 g/mol. The van der Waals surface area contributed by atoms with Crippen molar-refractivity contribution in [3.05, 3.63) is 41.5 Å². The van der Waals surface area contributed by atoms with Crippen molar-refractivity contribution in [3.8, 4) is 0 Å². The molecule has 6 heteroatoms. The van der Waals surface area contributed by atoms with E-state index in [4.69, 9.17) is 5.73 Å². The molecule has 3 N–H and O–H groups in total. The van der Waals surface area contributed by atoms with Crippen molar-refractivity contribution in [3.63, 3.8) is 0 Å². The molecule has 2 aromatic heterocycles. The van der Waals surface area contributed by atoms with Crippen LogP contribution in [0.1, 0.15) is 41.8 Å². The van der Waals surface area contributed by atoms with Crippen molar-refractivity contribution in [1.82, 2.24) is 20.1 Å². The molecule has 0 aliphatic carbocycles. The molecule has 106 valence electrons. The summed E-state index contributed by atoms with van der Waals surface area (Å²) >= 11 is 0. The van der Waals surface area contributed by atoms with Crippen LogP contribution in [0.4, 0.5) is 5.69 Å². The van der Waals surface area contributed by atoms with E-state index in [-0.39, 0.29) is 11.9 Å². The number of carbonyl (C=O) groups excluding carboxylic acids is 1. The van der Waals surface area contributed by atoms with Gasteiger partial charge in [0.05, 0.1) is 23.1 Å². The van der Waals surface area contributed by atoms with Gasteiger partial charge in [0.2, 0.25) is 0 Å². The summed E-state index contributed by atoms with van der Waals surface area (Å²) in [5, 5.41) is 7.13. The van der Waals surface area contributed by atoms with Crippen LogP contribution in [0.25, 0.3) is 0 Å². The number of anilines is 1. The minimum atomic E-state index is -0.240. The van der Waals surface area contributed by atoms with Crippen LogP contribution >= 0.6 is 0 Å². The molecule has 0 saturated carbocycles. The largest absolute Gasteiger partial charge is 0.395 e. The highest BCUT2D eigenvalue weighted by molar-refractivity contribution is 5.98. The summed E-state index contributed by atoms with van der Waals surface area (Å²) in [4.78, 5) is 16.5. The smallest absolute Gasteiger partial charge is 0.272 e. The molecular formula is C14H19N5O. The SMILES string of the molecule is CCc1nn(C)c(C(=O)NC(C)c2ccccn2)c1N. The Hall–Kier alpha value is -2.37. The van der Waals surface area contributed by atoms with Crippen molar-refractivity contribution in [2.75, 3.05) is 5.73 Å². The summed E-state index contributed by atoms with van der Waals surface area (Å²) in [7, 11) is 1.72. The second-order valence-corrected chi connectivity index (χ2v) is 4.64. The van der Waals surface area contributed by atoms with Crippen molar-refractivity contribution >= 4 is 11.6 Å². The maximum absolute atomic E-state index is 12.3. The molecule has 0 aliphatic heterocycles. The van der Waals surface area contributed by atoms with Gasteiger partial charge in [0.15, 0.2) is 0 Å². The standard InChI is InChI=1S/C14H19N5O/c1-4-10-12(15)13(19(3)18-10)14(20)17-9(2)11-7-5-6-8-16-11/h5-9H,4,15H2,1-3H3,(H,17,20). The van der Waals surface area contributed by atoms with E-state index in [0.717, 1.165) is 11.4 Å². The highest BCUT2D eigenvalue weighted by atomic mass is 16.2. The molecule has 6 nitrogen and oxygen atoms in total. The lowest BCUT2D eigenvalue weighted by Gasteiger charge is -2.13. The zero-order chi connectivity index (χ0) is 14.7. The molecule has 1 atom stereocenters. The van der Waals surface area contributed by atoms with Gasteiger partial charge < -0.3 is 11.1 Å². The number of hydrogen-bond donors (Lipinski definition) is 2. The van der Waals surface area contributed by atoms with Gasteiger partial charge in [-0.15, -0.1) is 0 Å². The van der Waals surface area contributed by atoms with E-state index in [1.165, 1.54) is 4.68 Å². The number of nitrogens with one attached hydrogen (secondary N) is 1. The number of aromatic nitrogens is 3. The van der Waals surface area contributed by atoms with Crippen LogP contribution in [-0.2, 0) is 13.5 Å². The first-order chi connectivity index (χ1) is 9.54. The van der Waals surface area contributed by atoms with Crippen LogP contribution in [0, 0.1) is 0 Å². The van der Waals surface area contributed by atoms with Gasteiger partial charge in [-0.1, -0.05) is 13.0 Å². The quantitative estimate of drug-likeness (QED) is 0.882. The predicted molar refractivity (Wildman–Crippen MR) is 77.1 cm³/mol.